The Kier molecular flexibility index (Phi) is 7.87. The van der Waals surface area contributed by atoms with Gasteiger partial charge in [0.2, 0.25) is 15.8 Å². The first kappa shape index (κ1) is 24.9. The number of H-pyrrole nitrogens is 1. The maximum atomic E-state index is 12.6. The second-order valence-corrected chi connectivity index (χ2v) is 9.09. The summed E-state index contributed by atoms with van der Waals surface area (Å²) in [5.74, 6) is -2.17. The van der Waals surface area contributed by atoms with Crippen molar-refractivity contribution >= 4 is 50.9 Å². The first-order valence-electron chi connectivity index (χ1n) is 8.85. The molecule has 0 aliphatic heterocycles. The Morgan fingerprint density at radius 3 is 2.39 bits per heavy atom. The van der Waals surface area contributed by atoms with Crippen LogP contribution in [0.5, 0.6) is 0 Å². The van der Waals surface area contributed by atoms with Gasteiger partial charge in [-0.25, -0.2) is 13.2 Å². The molecule has 1 heterocycles. The van der Waals surface area contributed by atoms with Crippen LogP contribution in [0.1, 0.15) is 39.0 Å². The molecule has 0 radical (unpaired) electrons. The van der Waals surface area contributed by atoms with E-state index >= 15 is 0 Å². The van der Waals surface area contributed by atoms with Crippen molar-refractivity contribution in [3.8, 4) is 0 Å². The van der Waals surface area contributed by atoms with Crippen molar-refractivity contribution in [3.05, 3.63) is 50.8 Å². The normalized spacial score (nSPS) is 12.3. The third kappa shape index (κ3) is 5.65. The van der Waals surface area contributed by atoms with Crippen LogP contribution < -0.4 is 4.72 Å². The molecule has 2 rings (SSSR count). The summed E-state index contributed by atoms with van der Waals surface area (Å²) < 4.78 is 36.4. The molecule has 1 aromatic carbocycles. The van der Waals surface area contributed by atoms with Crippen LogP contribution in [0.2, 0.25) is 10.0 Å². The van der Waals surface area contributed by atoms with Gasteiger partial charge in [0, 0.05) is 5.69 Å². The van der Waals surface area contributed by atoms with Gasteiger partial charge in [0.25, 0.3) is 0 Å². The molecule has 2 N–H and O–H groups in total. The van der Waals surface area contributed by atoms with Gasteiger partial charge >= 0.3 is 11.9 Å². The number of benzene rings is 1. The average molecular weight is 491 g/mol. The molecular weight excluding hydrogens is 471 g/mol. The topological polar surface area (TPSA) is 132 Å². The average Bonchev–Trinajstić information content (AvgIpc) is 3.01. The molecule has 0 aliphatic rings. The molecule has 1 atom stereocenters. The van der Waals surface area contributed by atoms with E-state index in [1.165, 1.54) is 26.2 Å². The Morgan fingerprint density at radius 1 is 1.16 bits per heavy atom. The SMILES string of the molecule is COC(=O)c1c(C)[nH]c(C(=O)C(C)OC(=O)CNS(=O)(=O)c2ccc(Cl)c(Cl)c2)c1C. The Bertz CT molecular complexity index is 1140. The number of sulfonamides is 1. The van der Waals surface area contributed by atoms with E-state index in [0.29, 0.717) is 11.3 Å². The number of rotatable bonds is 8. The highest BCUT2D eigenvalue weighted by molar-refractivity contribution is 7.89. The second kappa shape index (κ2) is 9.82. The van der Waals surface area contributed by atoms with E-state index < -0.39 is 40.4 Å². The minimum atomic E-state index is -4.06. The number of hydrogen-bond donors (Lipinski definition) is 2. The molecule has 0 spiro atoms. The lowest BCUT2D eigenvalue weighted by Crippen LogP contribution is -2.34. The van der Waals surface area contributed by atoms with E-state index in [1.54, 1.807) is 13.8 Å². The molecule has 12 heteroatoms. The number of halogens is 2. The molecule has 0 bridgehead atoms. The molecule has 0 amide bonds. The molecule has 168 valence electrons. The smallest absolute Gasteiger partial charge is 0.339 e. The number of Topliss-reactive ketones (excluding diaryl/α,β-unsaturated/α-hetero) is 1. The fourth-order valence-electron chi connectivity index (χ4n) is 2.78. The number of carbonyl (C=O) groups is 3. The van der Waals surface area contributed by atoms with Gasteiger partial charge in [0.05, 0.1) is 33.3 Å². The van der Waals surface area contributed by atoms with Crippen LogP contribution in [-0.4, -0.2) is 50.9 Å². The zero-order valence-electron chi connectivity index (χ0n) is 17.0. The summed E-state index contributed by atoms with van der Waals surface area (Å²) >= 11 is 11.6. The molecule has 0 aliphatic carbocycles. The van der Waals surface area contributed by atoms with Crippen LogP contribution in [-0.2, 0) is 24.3 Å². The molecular formula is C19H20Cl2N2O7S. The maximum Gasteiger partial charge on any atom is 0.339 e. The summed E-state index contributed by atoms with van der Waals surface area (Å²) in [5, 5.41) is 0.215. The standard InChI is InChI=1S/C19H20Cl2N2O7S/c1-9-16(19(26)29-4)10(2)23-17(9)18(25)11(3)30-15(24)8-22-31(27,28)12-5-6-13(20)14(21)7-12/h5-7,11,22-23H,8H2,1-4H3. The number of carbonyl (C=O) groups excluding carboxylic acids is 3. The van der Waals surface area contributed by atoms with Gasteiger partial charge in [0.15, 0.2) is 6.10 Å². The molecule has 31 heavy (non-hydrogen) atoms. The third-order valence-electron chi connectivity index (χ3n) is 4.36. The van der Waals surface area contributed by atoms with Gasteiger partial charge in [-0.1, -0.05) is 23.2 Å². The maximum absolute atomic E-state index is 12.6. The van der Waals surface area contributed by atoms with Gasteiger partial charge in [-0.15, -0.1) is 0 Å². The molecule has 0 fully saturated rings. The minimum absolute atomic E-state index is 0.0364. The van der Waals surface area contributed by atoms with Gasteiger partial charge in [-0.05, 0) is 44.5 Å². The predicted molar refractivity (Wildman–Crippen MR) is 113 cm³/mol. The number of ketones is 1. The van der Waals surface area contributed by atoms with Crippen molar-refractivity contribution in [3.63, 3.8) is 0 Å². The lowest BCUT2D eigenvalue weighted by Gasteiger charge is -2.13. The number of aryl methyl sites for hydroxylation is 1. The number of methoxy groups -OCH3 is 1. The molecule has 0 saturated carbocycles. The Hall–Kier alpha value is -2.40. The van der Waals surface area contributed by atoms with Crippen molar-refractivity contribution in [1.29, 1.82) is 0 Å². The molecule has 0 saturated heterocycles. The van der Waals surface area contributed by atoms with Crippen LogP contribution in [0.25, 0.3) is 0 Å². The number of esters is 2. The van der Waals surface area contributed by atoms with Gasteiger partial charge in [-0.3, -0.25) is 9.59 Å². The quantitative estimate of drug-likeness (QED) is 0.429. The summed E-state index contributed by atoms with van der Waals surface area (Å²) in [6.45, 7) is 3.78. The lowest BCUT2D eigenvalue weighted by atomic mass is 10.1. The summed E-state index contributed by atoms with van der Waals surface area (Å²) in [5.41, 5.74) is 1.10. The number of nitrogens with one attached hydrogen (secondary N) is 2. The van der Waals surface area contributed by atoms with Gasteiger partial charge in [0.1, 0.15) is 6.54 Å². The molecule has 9 nitrogen and oxygen atoms in total. The van der Waals surface area contributed by atoms with Crippen LogP contribution in [0.15, 0.2) is 23.1 Å². The van der Waals surface area contributed by atoms with E-state index in [2.05, 4.69) is 9.71 Å². The minimum Gasteiger partial charge on any atom is -0.465 e. The van der Waals surface area contributed by atoms with Crippen molar-refractivity contribution in [2.75, 3.05) is 13.7 Å². The van der Waals surface area contributed by atoms with E-state index in [-0.39, 0.29) is 26.2 Å². The molecule has 1 aromatic heterocycles. The summed E-state index contributed by atoms with van der Waals surface area (Å²) in [6.07, 6.45) is -1.23. The van der Waals surface area contributed by atoms with Crippen LogP contribution in [0, 0.1) is 13.8 Å². The Labute approximate surface area is 189 Å². The number of hydrogen-bond acceptors (Lipinski definition) is 7. The van der Waals surface area contributed by atoms with E-state index in [9.17, 15) is 22.8 Å². The number of ether oxygens (including phenoxy) is 2. The highest BCUT2D eigenvalue weighted by Crippen LogP contribution is 2.25. The fourth-order valence-corrected chi connectivity index (χ4v) is 4.14. The summed E-state index contributed by atoms with van der Waals surface area (Å²) in [6, 6.07) is 3.67. The molecule has 2 aromatic rings. The molecule has 1 unspecified atom stereocenters. The number of aromatic amines is 1. The van der Waals surface area contributed by atoms with Crippen molar-refractivity contribution in [2.24, 2.45) is 0 Å². The zero-order valence-corrected chi connectivity index (χ0v) is 19.4. The predicted octanol–water partition coefficient (Wildman–Crippen LogP) is 2.82. The first-order chi connectivity index (χ1) is 14.4. The second-order valence-electron chi connectivity index (χ2n) is 6.51. The lowest BCUT2D eigenvalue weighted by molar-refractivity contribution is -0.144. The first-order valence-corrected chi connectivity index (χ1v) is 11.1. The van der Waals surface area contributed by atoms with E-state index in [4.69, 9.17) is 32.7 Å². The van der Waals surface area contributed by atoms with Crippen LogP contribution >= 0.6 is 23.2 Å². The highest BCUT2D eigenvalue weighted by Gasteiger charge is 2.27. The van der Waals surface area contributed by atoms with Gasteiger partial charge in [-0.2, -0.15) is 4.72 Å². The summed E-state index contributed by atoms with van der Waals surface area (Å²) in [4.78, 5) is 39.2. The third-order valence-corrected chi connectivity index (χ3v) is 6.50. The highest BCUT2D eigenvalue weighted by atomic mass is 35.5. The number of aromatic nitrogens is 1. The zero-order chi connectivity index (χ0) is 23.5. The van der Waals surface area contributed by atoms with Crippen molar-refractivity contribution < 1.29 is 32.3 Å². The van der Waals surface area contributed by atoms with E-state index in [1.807, 2.05) is 0 Å². The fraction of sp³-hybridized carbons (Fsp3) is 0.316. The Balaban J connectivity index is 2.05. The van der Waals surface area contributed by atoms with Crippen molar-refractivity contribution in [1.82, 2.24) is 9.71 Å². The summed E-state index contributed by atoms with van der Waals surface area (Å²) in [7, 11) is -2.84. The largest absolute Gasteiger partial charge is 0.465 e. The van der Waals surface area contributed by atoms with Crippen LogP contribution in [0.3, 0.4) is 0 Å². The Morgan fingerprint density at radius 2 is 1.81 bits per heavy atom. The monoisotopic (exact) mass is 490 g/mol. The van der Waals surface area contributed by atoms with Gasteiger partial charge < -0.3 is 14.5 Å². The van der Waals surface area contributed by atoms with E-state index in [0.717, 1.165) is 6.07 Å². The van der Waals surface area contributed by atoms with Crippen molar-refractivity contribution in [2.45, 2.75) is 31.8 Å². The van der Waals surface area contributed by atoms with Crippen LogP contribution in [0.4, 0.5) is 0 Å².